The van der Waals surface area contributed by atoms with E-state index in [1.54, 1.807) is 12.1 Å². The van der Waals surface area contributed by atoms with Crippen LogP contribution in [0.25, 0.3) is 0 Å². The number of amidine groups is 1. The largest absolute Gasteiger partial charge is 0.370 e. The van der Waals surface area contributed by atoms with E-state index in [4.69, 9.17) is 28.5 Å². The molecule has 1 aromatic carbocycles. The lowest BCUT2D eigenvalue weighted by Gasteiger charge is -2.06. The Hall–Kier alpha value is -1.73. The van der Waals surface area contributed by atoms with E-state index in [-0.39, 0.29) is 22.8 Å². The summed E-state index contributed by atoms with van der Waals surface area (Å²) in [5.74, 6) is -0.426. The molecule has 6 N–H and O–H groups in total. The molecule has 0 aliphatic rings. The van der Waals surface area contributed by atoms with E-state index >= 15 is 0 Å². The lowest BCUT2D eigenvalue weighted by atomic mass is 10.2. The second-order valence-corrected chi connectivity index (χ2v) is 5.01. The van der Waals surface area contributed by atoms with Gasteiger partial charge in [-0.1, -0.05) is 29.4 Å². The van der Waals surface area contributed by atoms with Crippen LogP contribution in [0, 0.1) is 12.3 Å². The van der Waals surface area contributed by atoms with Gasteiger partial charge in [-0.3, -0.25) is 10.2 Å². The summed E-state index contributed by atoms with van der Waals surface area (Å²) in [6.07, 6.45) is 0. The van der Waals surface area contributed by atoms with E-state index in [2.05, 4.69) is 10.3 Å². The third-order valence-corrected chi connectivity index (χ3v) is 3.20. The monoisotopic (exact) mass is 299 g/mol. The van der Waals surface area contributed by atoms with Crippen LogP contribution in [0.4, 0.5) is 5.69 Å². The van der Waals surface area contributed by atoms with Gasteiger partial charge in [-0.25, -0.2) is 0 Å². The van der Waals surface area contributed by atoms with Gasteiger partial charge >= 0.3 is 0 Å². The Bertz CT molecular complexity index is 528. The van der Waals surface area contributed by atoms with E-state index in [0.29, 0.717) is 10.7 Å². The van der Waals surface area contributed by atoms with Gasteiger partial charge in [-0.05, 0) is 24.6 Å². The van der Waals surface area contributed by atoms with E-state index in [9.17, 15) is 4.79 Å². The molecule has 19 heavy (non-hydrogen) atoms. The molecule has 1 amide bonds. The van der Waals surface area contributed by atoms with Crippen LogP contribution in [0.5, 0.6) is 0 Å². The van der Waals surface area contributed by atoms with Crippen molar-refractivity contribution in [2.45, 2.75) is 6.92 Å². The van der Waals surface area contributed by atoms with Crippen LogP contribution in [0.1, 0.15) is 5.56 Å². The number of amides is 1. The summed E-state index contributed by atoms with van der Waals surface area (Å²) < 4.78 is 0. The molecule has 0 saturated carbocycles. The number of hydrogen-bond acceptors (Lipinski definition) is 3. The van der Waals surface area contributed by atoms with Gasteiger partial charge in [-0.2, -0.15) is 4.99 Å². The number of carbonyl (C=O) groups is 1. The topological polar surface area (TPSA) is 117 Å². The first-order chi connectivity index (χ1) is 8.88. The molecule has 0 aliphatic carbocycles. The van der Waals surface area contributed by atoms with Crippen molar-refractivity contribution in [3.8, 4) is 0 Å². The van der Waals surface area contributed by atoms with Crippen molar-refractivity contribution < 1.29 is 4.79 Å². The van der Waals surface area contributed by atoms with Crippen LogP contribution in [0.2, 0.25) is 5.02 Å². The van der Waals surface area contributed by atoms with Crippen LogP contribution < -0.4 is 16.8 Å². The van der Waals surface area contributed by atoms with Gasteiger partial charge < -0.3 is 16.8 Å². The third kappa shape index (κ3) is 5.62. The summed E-state index contributed by atoms with van der Waals surface area (Å²) in [4.78, 5) is 15.1. The number of nitrogens with two attached hydrogens (primary N) is 2. The molecule has 1 rings (SSSR count). The molecule has 0 unspecified atom stereocenters. The van der Waals surface area contributed by atoms with Gasteiger partial charge in [0.05, 0.1) is 5.75 Å². The first kappa shape index (κ1) is 15.3. The molecule has 1 aromatic rings. The molecule has 0 aliphatic heterocycles. The fourth-order valence-corrected chi connectivity index (χ4v) is 1.84. The number of halogens is 1. The Morgan fingerprint density at radius 3 is 2.79 bits per heavy atom. The summed E-state index contributed by atoms with van der Waals surface area (Å²) in [7, 11) is 0. The van der Waals surface area contributed by atoms with Gasteiger partial charge in [0.15, 0.2) is 11.1 Å². The molecule has 0 radical (unpaired) electrons. The zero-order valence-corrected chi connectivity index (χ0v) is 11.8. The molecule has 0 bridgehead atoms. The summed E-state index contributed by atoms with van der Waals surface area (Å²) in [5.41, 5.74) is 11.8. The Morgan fingerprint density at radius 1 is 1.53 bits per heavy atom. The maximum atomic E-state index is 11.6. The Labute approximate surface area is 120 Å². The van der Waals surface area contributed by atoms with E-state index in [0.717, 1.165) is 17.3 Å². The van der Waals surface area contributed by atoms with Crippen molar-refractivity contribution in [1.29, 1.82) is 5.41 Å². The highest BCUT2D eigenvalue weighted by Crippen LogP contribution is 2.20. The number of nitrogens with zero attached hydrogens (tertiary/aromatic N) is 1. The third-order valence-electron chi connectivity index (χ3n) is 2.03. The number of aryl methyl sites for hydroxylation is 1. The Balaban J connectivity index is 2.49. The summed E-state index contributed by atoms with van der Waals surface area (Å²) in [5, 5.41) is 10.5. The van der Waals surface area contributed by atoms with Gasteiger partial charge in [0.25, 0.3) is 0 Å². The van der Waals surface area contributed by atoms with E-state index in [1.807, 2.05) is 13.0 Å². The maximum Gasteiger partial charge on any atom is 0.234 e. The normalized spacial score (nSPS) is 9.79. The molecule has 0 spiro atoms. The predicted octanol–water partition coefficient (Wildman–Crippen LogP) is 1.53. The van der Waals surface area contributed by atoms with Crippen molar-refractivity contribution in [2.24, 2.45) is 16.5 Å². The highest BCUT2D eigenvalue weighted by atomic mass is 35.5. The lowest BCUT2D eigenvalue weighted by Crippen LogP contribution is -2.24. The van der Waals surface area contributed by atoms with Gasteiger partial charge in [-0.15, -0.1) is 0 Å². The van der Waals surface area contributed by atoms with E-state index < -0.39 is 0 Å². The van der Waals surface area contributed by atoms with Crippen LogP contribution in [-0.4, -0.2) is 22.8 Å². The lowest BCUT2D eigenvalue weighted by molar-refractivity contribution is -0.113. The van der Waals surface area contributed by atoms with Crippen LogP contribution in [0.3, 0.4) is 0 Å². The highest BCUT2D eigenvalue weighted by Gasteiger charge is 2.06. The zero-order valence-electron chi connectivity index (χ0n) is 10.2. The number of guanidine groups is 1. The molecule has 0 saturated heterocycles. The standard InChI is InChI=1S/C11H14ClN5OS/c1-6-2-3-7(4-8(6)12)16-9(18)5-19-11(15)17-10(13)14/h2-4H,5H2,1H3,(H,16,18)(H5,13,14,15,17). The van der Waals surface area contributed by atoms with Crippen LogP contribution >= 0.6 is 23.4 Å². The zero-order chi connectivity index (χ0) is 14.4. The summed E-state index contributed by atoms with van der Waals surface area (Å²) in [6, 6.07) is 5.23. The van der Waals surface area contributed by atoms with Crippen molar-refractivity contribution in [3.05, 3.63) is 28.8 Å². The van der Waals surface area contributed by atoms with Gasteiger partial charge in [0, 0.05) is 10.7 Å². The predicted molar refractivity (Wildman–Crippen MR) is 80.8 cm³/mol. The van der Waals surface area contributed by atoms with Crippen molar-refractivity contribution in [3.63, 3.8) is 0 Å². The number of aliphatic imine (C=N–C) groups is 1. The molecule has 0 heterocycles. The van der Waals surface area contributed by atoms with E-state index in [1.165, 1.54) is 0 Å². The first-order valence-electron chi connectivity index (χ1n) is 5.25. The summed E-state index contributed by atoms with van der Waals surface area (Å²) >= 11 is 6.88. The number of anilines is 1. The number of benzene rings is 1. The second-order valence-electron chi connectivity index (χ2n) is 3.64. The fraction of sp³-hybridized carbons (Fsp3) is 0.182. The number of hydrogen-bond donors (Lipinski definition) is 4. The molecular formula is C11H14ClN5OS. The van der Waals surface area contributed by atoms with Crippen LogP contribution in [0.15, 0.2) is 23.2 Å². The second kappa shape index (κ2) is 7.01. The number of thioether (sulfide) groups is 1. The minimum absolute atomic E-state index is 0.0428. The molecule has 102 valence electrons. The molecule has 0 aromatic heterocycles. The number of rotatable bonds is 3. The minimum atomic E-state index is -0.263. The maximum absolute atomic E-state index is 11.6. The summed E-state index contributed by atoms with van der Waals surface area (Å²) in [6.45, 7) is 1.88. The highest BCUT2D eigenvalue weighted by molar-refractivity contribution is 8.14. The molecule has 0 atom stereocenters. The first-order valence-corrected chi connectivity index (χ1v) is 6.62. The SMILES string of the molecule is Cc1ccc(NC(=O)CSC(=N)N=C(N)N)cc1Cl. The quantitative estimate of drug-likeness (QED) is 0.500. The molecular weight excluding hydrogens is 286 g/mol. The fourth-order valence-electron chi connectivity index (χ4n) is 1.15. The Kier molecular flexibility index (Phi) is 5.65. The minimum Gasteiger partial charge on any atom is -0.370 e. The van der Waals surface area contributed by atoms with Gasteiger partial charge in [0.1, 0.15) is 0 Å². The molecule has 8 heteroatoms. The Morgan fingerprint density at radius 2 is 2.21 bits per heavy atom. The van der Waals surface area contributed by atoms with Crippen molar-refractivity contribution >= 4 is 46.1 Å². The average Bonchev–Trinajstić information content (AvgIpc) is 2.30. The number of nitrogens with one attached hydrogen (secondary N) is 2. The van der Waals surface area contributed by atoms with Gasteiger partial charge in [0.2, 0.25) is 5.91 Å². The van der Waals surface area contributed by atoms with Crippen LogP contribution in [-0.2, 0) is 4.79 Å². The van der Waals surface area contributed by atoms with Crippen molar-refractivity contribution in [2.75, 3.05) is 11.1 Å². The average molecular weight is 300 g/mol. The van der Waals surface area contributed by atoms with Crippen molar-refractivity contribution in [1.82, 2.24) is 0 Å². The number of carbonyl (C=O) groups excluding carboxylic acids is 1. The smallest absolute Gasteiger partial charge is 0.234 e. The molecule has 6 nitrogen and oxygen atoms in total. The molecule has 0 fully saturated rings.